The van der Waals surface area contributed by atoms with Crippen molar-refractivity contribution in [3.05, 3.63) is 62.8 Å². The minimum atomic E-state index is 0.256. The maximum atomic E-state index is 6.21. The Morgan fingerprint density at radius 3 is 2.80 bits per heavy atom. The first-order chi connectivity index (χ1) is 9.61. The first-order valence-electron chi connectivity index (χ1n) is 6.69. The van der Waals surface area contributed by atoms with Crippen LogP contribution in [-0.2, 0) is 6.42 Å². The van der Waals surface area contributed by atoms with Crippen LogP contribution in [0.5, 0.6) is 0 Å². The highest BCUT2D eigenvalue weighted by Gasteiger charge is 2.13. The number of halogens is 2. The van der Waals surface area contributed by atoms with Crippen molar-refractivity contribution < 1.29 is 0 Å². The van der Waals surface area contributed by atoms with Crippen molar-refractivity contribution >= 4 is 27.5 Å². The monoisotopic (exact) mass is 352 g/mol. The largest absolute Gasteiger partial charge is 0.310 e. The molecule has 20 heavy (non-hydrogen) atoms. The van der Waals surface area contributed by atoms with Gasteiger partial charge in [-0.3, -0.25) is 4.98 Å². The molecule has 1 unspecified atom stereocenters. The van der Waals surface area contributed by atoms with Gasteiger partial charge in [-0.2, -0.15) is 0 Å². The molecule has 2 nitrogen and oxygen atoms in total. The minimum Gasteiger partial charge on any atom is -0.310 e. The van der Waals surface area contributed by atoms with Crippen LogP contribution in [0.1, 0.15) is 29.7 Å². The summed E-state index contributed by atoms with van der Waals surface area (Å²) in [6.45, 7) is 5.14. The number of aryl methyl sites for hydroxylation is 1. The van der Waals surface area contributed by atoms with E-state index in [1.54, 1.807) is 12.4 Å². The second-order valence-electron chi connectivity index (χ2n) is 4.79. The molecule has 0 radical (unpaired) electrons. The van der Waals surface area contributed by atoms with E-state index >= 15 is 0 Å². The summed E-state index contributed by atoms with van der Waals surface area (Å²) in [6.07, 6.45) is 4.35. The zero-order valence-corrected chi connectivity index (χ0v) is 14.0. The molecule has 1 atom stereocenters. The predicted molar refractivity (Wildman–Crippen MR) is 88.2 cm³/mol. The van der Waals surface area contributed by atoms with E-state index in [1.807, 2.05) is 6.07 Å². The first kappa shape index (κ1) is 15.5. The third kappa shape index (κ3) is 3.81. The fourth-order valence-electron chi connectivity index (χ4n) is 2.23. The number of aromatic nitrogens is 1. The number of rotatable bonds is 5. The van der Waals surface area contributed by atoms with Crippen molar-refractivity contribution in [2.45, 2.75) is 26.3 Å². The Morgan fingerprint density at radius 2 is 2.15 bits per heavy atom. The van der Waals surface area contributed by atoms with Gasteiger partial charge in [0.15, 0.2) is 0 Å². The SMILES string of the molecule is CCNC(Cc1ccncc1Cl)c1ccc(Br)c(C)c1. The quantitative estimate of drug-likeness (QED) is 0.843. The molecule has 0 bridgehead atoms. The van der Waals surface area contributed by atoms with E-state index in [2.05, 4.69) is 58.3 Å². The van der Waals surface area contributed by atoms with Crippen molar-refractivity contribution in [2.24, 2.45) is 0 Å². The average Bonchev–Trinajstić information content (AvgIpc) is 2.44. The highest BCUT2D eigenvalue weighted by atomic mass is 79.9. The lowest BCUT2D eigenvalue weighted by Crippen LogP contribution is -2.23. The van der Waals surface area contributed by atoms with Crippen LogP contribution in [0.15, 0.2) is 41.1 Å². The van der Waals surface area contributed by atoms with Crippen molar-refractivity contribution in [3.63, 3.8) is 0 Å². The highest BCUT2D eigenvalue weighted by molar-refractivity contribution is 9.10. The van der Waals surface area contributed by atoms with Crippen LogP contribution in [0.3, 0.4) is 0 Å². The zero-order chi connectivity index (χ0) is 14.5. The van der Waals surface area contributed by atoms with Gasteiger partial charge < -0.3 is 5.32 Å². The van der Waals surface area contributed by atoms with Gasteiger partial charge in [0.1, 0.15) is 0 Å². The van der Waals surface area contributed by atoms with Crippen LogP contribution in [0, 0.1) is 6.92 Å². The third-order valence-electron chi connectivity index (χ3n) is 3.32. The molecular formula is C16H18BrClN2. The number of likely N-dealkylation sites (N-methyl/N-ethyl adjacent to an activating group) is 1. The third-order valence-corrected chi connectivity index (χ3v) is 4.55. The van der Waals surface area contributed by atoms with Crippen LogP contribution in [0.25, 0.3) is 0 Å². The Bertz CT molecular complexity index is 586. The topological polar surface area (TPSA) is 24.9 Å². The fraction of sp³-hybridized carbons (Fsp3) is 0.312. The first-order valence-corrected chi connectivity index (χ1v) is 7.86. The van der Waals surface area contributed by atoms with Crippen LogP contribution in [0.2, 0.25) is 5.02 Å². The molecule has 1 aromatic heterocycles. The molecule has 2 aromatic rings. The Morgan fingerprint density at radius 1 is 1.35 bits per heavy atom. The molecule has 106 valence electrons. The smallest absolute Gasteiger partial charge is 0.0622 e. The molecule has 0 fully saturated rings. The van der Waals surface area contributed by atoms with Crippen molar-refractivity contribution in [3.8, 4) is 0 Å². The zero-order valence-electron chi connectivity index (χ0n) is 11.7. The summed E-state index contributed by atoms with van der Waals surface area (Å²) in [5, 5.41) is 4.25. The number of nitrogens with zero attached hydrogens (tertiary/aromatic N) is 1. The van der Waals surface area contributed by atoms with Gasteiger partial charge in [0.25, 0.3) is 0 Å². The van der Waals surface area contributed by atoms with Crippen LogP contribution < -0.4 is 5.32 Å². The van der Waals surface area contributed by atoms with E-state index in [4.69, 9.17) is 11.6 Å². The van der Waals surface area contributed by atoms with E-state index in [0.29, 0.717) is 0 Å². The number of hydrogen-bond acceptors (Lipinski definition) is 2. The van der Waals surface area contributed by atoms with Crippen LogP contribution >= 0.6 is 27.5 Å². The highest BCUT2D eigenvalue weighted by Crippen LogP contribution is 2.26. The molecule has 0 saturated heterocycles. The van der Waals surface area contributed by atoms with E-state index < -0.39 is 0 Å². The van der Waals surface area contributed by atoms with E-state index in [0.717, 1.165) is 28.0 Å². The summed E-state index contributed by atoms with van der Waals surface area (Å²) in [7, 11) is 0. The Labute approximate surface area is 133 Å². The van der Waals surface area contributed by atoms with Gasteiger partial charge in [0, 0.05) is 22.9 Å². The van der Waals surface area contributed by atoms with E-state index in [1.165, 1.54) is 11.1 Å². The summed E-state index contributed by atoms with van der Waals surface area (Å²) < 4.78 is 1.14. The van der Waals surface area contributed by atoms with Gasteiger partial charge in [0.2, 0.25) is 0 Å². The molecule has 1 heterocycles. The van der Waals surface area contributed by atoms with Crippen molar-refractivity contribution in [1.82, 2.24) is 10.3 Å². The molecule has 0 saturated carbocycles. The van der Waals surface area contributed by atoms with Crippen molar-refractivity contribution in [1.29, 1.82) is 0 Å². The maximum Gasteiger partial charge on any atom is 0.0622 e. The molecule has 2 rings (SSSR count). The Kier molecular flexibility index (Phi) is 5.58. The second kappa shape index (κ2) is 7.21. The minimum absolute atomic E-state index is 0.256. The van der Waals surface area contributed by atoms with Gasteiger partial charge in [-0.25, -0.2) is 0 Å². The Balaban J connectivity index is 2.27. The average molecular weight is 354 g/mol. The maximum absolute atomic E-state index is 6.21. The standard InChI is InChI=1S/C16H18BrClN2/c1-3-20-16(9-12-6-7-19-10-15(12)18)13-4-5-14(17)11(2)8-13/h4-8,10,16,20H,3,9H2,1-2H3. The molecule has 0 amide bonds. The predicted octanol–water partition coefficient (Wildman–Crippen LogP) is 4.70. The van der Waals surface area contributed by atoms with Gasteiger partial charge in [-0.1, -0.05) is 46.6 Å². The number of pyridine rings is 1. The lowest BCUT2D eigenvalue weighted by Gasteiger charge is -2.20. The van der Waals surface area contributed by atoms with Crippen molar-refractivity contribution in [2.75, 3.05) is 6.54 Å². The van der Waals surface area contributed by atoms with Gasteiger partial charge >= 0.3 is 0 Å². The van der Waals surface area contributed by atoms with E-state index in [9.17, 15) is 0 Å². The lowest BCUT2D eigenvalue weighted by atomic mass is 9.98. The molecular weight excluding hydrogens is 336 g/mol. The summed E-state index contributed by atoms with van der Waals surface area (Å²) in [4.78, 5) is 4.04. The van der Waals surface area contributed by atoms with Gasteiger partial charge in [0.05, 0.1) is 5.02 Å². The Hall–Kier alpha value is -0.900. The van der Waals surface area contributed by atoms with Gasteiger partial charge in [-0.05, 0) is 48.7 Å². The van der Waals surface area contributed by atoms with Crippen LogP contribution in [-0.4, -0.2) is 11.5 Å². The fourth-order valence-corrected chi connectivity index (χ4v) is 2.67. The molecule has 0 aliphatic carbocycles. The van der Waals surface area contributed by atoms with Crippen LogP contribution in [0.4, 0.5) is 0 Å². The summed E-state index contributed by atoms with van der Waals surface area (Å²) >= 11 is 9.76. The number of hydrogen-bond donors (Lipinski definition) is 1. The summed E-state index contributed by atoms with van der Waals surface area (Å²) in [5.41, 5.74) is 3.64. The number of nitrogens with one attached hydrogen (secondary N) is 1. The normalized spacial score (nSPS) is 12.4. The second-order valence-corrected chi connectivity index (χ2v) is 6.05. The molecule has 4 heteroatoms. The lowest BCUT2D eigenvalue weighted by molar-refractivity contribution is 0.549. The number of benzene rings is 1. The molecule has 1 N–H and O–H groups in total. The molecule has 1 aromatic carbocycles. The van der Waals surface area contributed by atoms with E-state index in [-0.39, 0.29) is 6.04 Å². The molecule has 0 aliphatic heterocycles. The summed E-state index contributed by atoms with van der Waals surface area (Å²) in [5.74, 6) is 0. The molecule has 0 spiro atoms. The molecule has 0 aliphatic rings. The van der Waals surface area contributed by atoms with Gasteiger partial charge in [-0.15, -0.1) is 0 Å². The summed E-state index contributed by atoms with van der Waals surface area (Å²) in [6, 6.07) is 8.71.